The molecule has 0 saturated heterocycles. The standard InChI is InChI=1S/C15H27ClN4/c1-4-17-14(12-7-5-6-8-12)15-13(16)11-18-20(15)10-9-19(2)3/h11-12,14,17H,4-10H2,1-3H3. The number of nitrogens with zero attached hydrogens (tertiary/aromatic N) is 3. The summed E-state index contributed by atoms with van der Waals surface area (Å²) in [5.41, 5.74) is 1.18. The lowest BCUT2D eigenvalue weighted by Crippen LogP contribution is -2.30. The molecule has 0 radical (unpaired) electrons. The van der Waals surface area contributed by atoms with Crippen molar-refractivity contribution in [2.45, 2.75) is 45.2 Å². The van der Waals surface area contributed by atoms with Gasteiger partial charge in [-0.2, -0.15) is 5.10 Å². The zero-order valence-corrected chi connectivity index (χ0v) is 13.7. The summed E-state index contributed by atoms with van der Waals surface area (Å²) in [4.78, 5) is 2.18. The number of aromatic nitrogens is 2. The minimum absolute atomic E-state index is 0.347. The predicted molar refractivity (Wildman–Crippen MR) is 84.2 cm³/mol. The first-order chi connectivity index (χ1) is 9.63. The van der Waals surface area contributed by atoms with Crippen LogP contribution in [0.2, 0.25) is 5.02 Å². The van der Waals surface area contributed by atoms with Gasteiger partial charge in [0.1, 0.15) is 0 Å². The van der Waals surface area contributed by atoms with Gasteiger partial charge in [0.05, 0.1) is 29.5 Å². The number of rotatable bonds is 7. The molecule has 0 bridgehead atoms. The molecule has 1 aromatic rings. The fraction of sp³-hybridized carbons (Fsp3) is 0.800. The molecule has 0 aliphatic heterocycles. The first-order valence-electron chi connectivity index (χ1n) is 7.72. The third kappa shape index (κ3) is 3.74. The van der Waals surface area contributed by atoms with E-state index in [0.717, 1.165) is 24.7 Å². The van der Waals surface area contributed by atoms with Gasteiger partial charge in [0.15, 0.2) is 0 Å². The van der Waals surface area contributed by atoms with Crippen LogP contribution in [0.4, 0.5) is 0 Å². The molecule has 0 aromatic carbocycles. The van der Waals surface area contributed by atoms with E-state index in [4.69, 9.17) is 11.6 Å². The van der Waals surface area contributed by atoms with Crippen molar-refractivity contribution < 1.29 is 0 Å². The average Bonchev–Trinajstić information content (AvgIpc) is 3.04. The van der Waals surface area contributed by atoms with E-state index in [1.165, 1.54) is 31.4 Å². The Labute approximate surface area is 127 Å². The Morgan fingerprint density at radius 1 is 1.45 bits per heavy atom. The summed E-state index contributed by atoms with van der Waals surface area (Å²) in [6.45, 7) is 5.00. The fourth-order valence-corrected chi connectivity index (χ4v) is 3.41. The molecule has 1 aliphatic rings. The Kier molecular flexibility index (Phi) is 5.87. The predicted octanol–water partition coefficient (Wildman–Crippen LogP) is 2.94. The molecular weight excluding hydrogens is 272 g/mol. The maximum Gasteiger partial charge on any atom is 0.0834 e. The Morgan fingerprint density at radius 3 is 2.75 bits per heavy atom. The van der Waals surface area contributed by atoms with Gasteiger partial charge >= 0.3 is 0 Å². The maximum absolute atomic E-state index is 6.43. The van der Waals surface area contributed by atoms with Crippen LogP contribution < -0.4 is 5.32 Å². The number of nitrogens with one attached hydrogen (secondary N) is 1. The van der Waals surface area contributed by atoms with Gasteiger partial charge in [-0.25, -0.2) is 0 Å². The van der Waals surface area contributed by atoms with Crippen LogP contribution in [-0.2, 0) is 6.54 Å². The first kappa shape index (κ1) is 15.8. The molecule has 1 unspecified atom stereocenters. The highest BCUT2D eigenvalue weighted by Gasteiger charge is 2.30. The Balaban J connectivity index is 2.19. The second-order valence-electron chi connectivity index (χ2n) is 5.98. The van der Waals surface area contributed by atoms with Gasteiger partial charge in [0.25, 0.3) is 0 Å². The summed E-state index contributed by atoms with van der Waals surface area (Å²) in [6, 6.07) is 0.347. The van der Waals surface area contributed by atoms with E-state index in [0.29, 0.717) is 12.0 Å². The van der Waals surface area contributed by atoms with E-state index < -0.39 is 0 Å². The minimum Gasteiger partial charge on any atom is -0.309 e. The highest BCUT2D eigenvalue weighted by molar-refractivity contribution is 6.31. The van der Waals surface area contributed by atoms with Crippen molar-refractivity contribution >= 4 is 11.6 Å². The molecule has 1 heterocycles. The van der Waals surface area contributed by atoms with E-state index in [2.05, 4.69) is 41.0 Å². The lowest BCUT2D eigenvalue weighted by Gasteiger charge is -2.26. The highest BCUT2D eigenvalue weighted by atomic mass is 35.5. The van der Waals surface area contributed by atoms with E-state index >= 15 is 0 Å². The molecular formula is C15H27ClN4. The Hall–Kier alpha value is -0.580. The Morgan fingerprint density at radius 2 is 2.15 bits per heavy atom. The number of hydrogen-bond donors (Lipinski definition) is 1. The average molecular weight is 299 g/mol. The molecule has 1 aliphatic carbocycles. The van der Waals surface area contributed by atoms with Crippen LogP contribution in [0, 0.1) is 5.92 Å². The topological polar surface area (TPSA) is 33.1 Å². The third-order valence-corrected chi connectivity index (χ3v) is 4.47. The normalized spacial score (nSPS) is 18.1. The quantitative estimate of drug-likeness (QED) is 0.840. The molecule has 0 spiro atoms. The molecule has 114 valence electrons. The van der Waals surface area contributed by atoms with Crippen molar-refractivity contribution in [1.82, 2.24) is 20.0 Å². The second-order valence-corrected chi connectivity index (χ2v) is 6.39. The second kappa shape index (κ2) is 7.43. The van der Waals surface area contributed by atoms with E-state index in [9.17, 15) is 0 Å². The third-order valence-electron chi connectivity index (χ3n) is 4.18. The molecule has 4 nitrogen and oxygen atoms in total. The van der Waals surface area contributed by atoms with Gasteiger partial charge in [0, 0.05) is 6.54 Å². The smallest absolute Gasteiger partial charge is 0.0834 e. The van der Waals surface area contributed by atoms with E-state index in [-0.39, 0.29) is 0 Å². The SMILES string of the molecule is CCNC(c1c(Cl)cnn1CCN(C)C)C1CCCC1. The van der Waals surface area contributed by atoms with Crippen molar-refractivity contribution in [3.05, 3.63) is 16.9 Å². The van der Waals surface area contributed by atoms with Crippen LogP contribution in [0.1, 0.15) is 44.3 Å². The van der Waals surface area contributed by atoms with Gasteiger partial charge in [-0.1, -0.05) is 31.4 Å². The highest BCUT2D eigenvalue weighted by Crippen LogP contribution is 2.38. The summed E-state index contributed by atoms with van der Waals surface area (Å²) in [6.07, 6.45) is 7.08. The van der Waals surface area contributed by atoms with Crippen LogP contribution in [-0.4, -0.2) is 41.9 Å². The number of likely N-dealkylation sites (N-methyl/N-ethyl adjacent to an activating group) is 1. The number of hydrogen-bond acceptors (Lipinski definition) is 3. The van der Waals surface area contributed by atoms with E-state index in [1.54, 1.807) is 6.20 Å². The summed E-state index contributed by atoms with van der Waals surface area (Å²) < 4.78 is 2.09. The van der Waals surface area contributed by atoms with Crippen molar-refractivity contribution in [3.63, 3.8) is 0 Å². The van der Waals surface area contributed by atoms with Crippen LogP contribution in [0.3, 0.4) is 0 Å². The lowest BCUT2D eigenvalue weighted by atomic mass is 9.95. The van der Waals surface area contributed by atoms with Crippen molar-refractivity contribution in [1.29, 1.82) is 0 Å². The van der Waals surface area contributed by atoms with Crippen molar-refractivity contribution in [2.24, 2.45) is 5.92 Å². The lowest BCUT2D eigenvalue weighted by molar-refractivity contribution is 0.330. The fourth-order valence-electron chi connectivity index (χ4n) is 3.15. The van der Waals surface area contributed by atoms with Crippen LogP contribution >= 0.6 is 11.6 Å². The van der Waals surface area contributed by atoms with Crippen LogP contribution in [0.5, 0.6) is 0 Å². The minimum atomic E-state index is 0.347. The summed E-state index contributed by atoms with van der Waals surface area (Å²) in [5.74, 6) is 0.697. The van der Waals surface area contributed by atoms with Crippen LogP contribution in [0.25, 0.3) is 0 Å². The Bertz CT molecular complexity index is 410. The molecule has 1 N–H and O–H groups in total. The molecule has 1 aromatic heterocycles. The molecule has 1 saturated carbocycles. The van der Waals surface area contributed by atoms with Gasteiger partial charge in [0.2, 0.25) is 0 Å². The van der Waals surface area contributed by atoms with Crippen molar-refractivity contribution in [2.75, 3.05) is 27.2 Å². The largest absolute Gasteiger partial charge is 0.309 e. The van der Waals surface area contributed by atoms with Crippen LogP contribution in [0.15, 0.2) is 6.20 Å². The maximum atomic E-state index is 6.43. The zero-order chi connectivity index (χ0) is 14.5. The van der Waals surface area contributed by atoms with Gasteiger partial charge in [-0.15, -0.1) is 0 Å². The molecule has 20 heavy (non-hydrogen) atoms. The number of halogens is 1. The van der Waals surface area contributed by atoms with Crippen molar-refractivity contribution in [3.8, 4) is 0 Å². The molecule has 1 atom stereocenters. The van der Waals surface area contributed by atoms with Gasteiger partial charge in [-0.3, -0.25) is 4.68 Å². The molecule has 2 rings (SSSR count). The monoisotopic (exact) mass is 298 g/mol. The zero-order valence-electron chi connectivity index (χ0n) is 12.9. The molecule has 0 amide bonds. The first-order valence-corrected chi connectivity index (χ1v) is 8.10. The summed E-state index contributed by atoms with van der Waals surface area (Å²) >= 11 is 6.43. The molecule has 1 fully saturated rings. The molecule has 5 heteroatoms. The van der Waals surface area contributed by atoms with E-state index in [1.807, 2.05) is 0 Å². The van der Waals surface area contributed by atoms with Gasteiger partial charge < -0.3 is 10.2 Å². The summed E-state index contributed by atoms with van der Waals surface area (Å²) in [7, 11) is 4.17. The van der Waals surface area contributed by atoms with Gasteiger partial charge in [-0.05, 0) is 39.4 Å². The summed E-state index contributed by atoms with van der Waals surface area (Å²) in [5, 5.41) is 8.92.